The number of ether oxygens (including phenoxy) is 1. The number of hydrogen-bond acceptors (Lipinski definition) is 2. The van der Waals surface area contributed by atoms with Crippen molar-refractivity contribution in [2.75, 3.05) is 19.5 Å². The Morgan fingerprint density at radius 1 is 1.00 bits per heavy atom. The number of carbonyl (C=O) groups excluding carboxylic acids is 1. The summed E-state index contributed by atoms with van der Waals surface area (Å²) in [5.74, 6) is 0.606. The summed E-state index contributed by atoms with van der Waals surface area (Å²) >= 11 is 0. The fraction of sp³-hybridized carbons (Fsp3) is 0.208. The zero-order chi connectivity index (χ0) is 19.9. The van der Waals surface area contributed by atoms with Gasteiger partial charge in [-0.3, -0.25) is 4.79 Å². The number of anilines is 1. The predicted molar refractivity (Wildman–Crippen MR) is 113 cm³/mol. The maximum absolute atomic E-state index is 13.3. The maximum atomic E-state index is 13.3. The Hall–Kier alpha value is -3.11. The molecule has 3 rings (SSSR count). The largest absolute Gasteiger partial charge is 0.495 e. The number of benzene rings is 3. The zero-order valence-electron chi connectivity index (χ0n) is 16.6. The lowest BCUT2D eigenvalue weighted by Crippen LogP contribution is -3.09. The van der Waals surface area contributed by atoms with Gasteiger partial charge in [-0.2, -0.15) is 0 Å². The van der Waals surface area contributed by atoms with Crippen LogP contribution in [0.3, 0.4) is 0 Å². The van der Waals surface area contributed by atoms with Crippen molar-refractivity contribution >= 4 is 11.6 Å². The quantitative estimate of drug-likeness (QED) is 0.665. The van der Waals surface area contributed by atoms with Gasteiger partial charge in [0, 0.05) is 11.1 Å². The number of amides is 1. The normalized spacial score (nSPS) is 12.8. The van der Waals surface area contributed by atoms with Gasteiger partial charge in [0.25, 0.3) is 5.91 Å². The van der Waals surface area contributed by atoms with E-state index in [0.717, 1.165) is 22.6 Å². The lowest BCUT2D eigenvalue weighted by molar-refractivity contribution is -0.915. The highest BCUT2D eigenvalue weighted by molar-refractivity contribution is 5.96. The monoisotopic (exact) mass is 375 g/mol. The van der Waals surface area contributed by atoms with Gasteiger partial charge in [-0.05, 0) is 24.6 Å². The Kier molecular flexibility index (Phi) is 6.45. The third-order valence-corrected chi connectivity index (χ3v) is 4.83. The van der Waals surface area contributed by atoms with E-state index in [9.17, 15) is 4.79 Å². The lowest BCUT2D eigenvalue weighted by atomic mass is 10.0. The molecule has 0 fully saturated rings. The van der Waals surface area contributed by atoms with Crippen molar-refractivity contribution in [2.24, 2.45) is 0 Å². The summed E-state index contributed by atoms with van der Waals surface area (Å²) in [7, 11) is 3.67. The van der Waals surface area contributed by atoms with E-state index in [0.29, 0.717) is 11.4 Å². The Labute approximate surface area is 166 Å². The molecule has 0 aliphatic heterocycles. The third kappa shape index (κ3) is 4.78. The van der Waals surface area contributed by atoms with Crippen LogP contribution in [0.2, 0.25) is 0 Å². The Morgan fingerprint density at radius 2 is 1.64 bits per heavy atom. The standard InChI is InChI=1S/C24H26N2O2/c1-18-14-15-22(28-3)21(16-18)25-24(27)23(20-12-8-5-9-13-20)26(2)17-19-10-6-4-7-11-19/h4-16,23H,17H2,1-3H3,(H,25,27)/p+1/t23-/m0/s1. The highest BCUT2D eigenvalue weighted by Crippen LogP contribution is 2.26. The molecule has 0 spiro atoms. The minimum Gasteiger partial charge on any atom is -0.495 e. The SMILES string of the molecule is COc1ccc(C)cc1NC(=O)[C@H](c1ccccc1)[NH+](C)Cc1ccccc1. The fourth-order valence-corrected chi connectivity index (χ4v) is 3.45. The molecular weight excluding hydrogens is 348 g/mol. The van der Waals surface area contributed by atoms with Gasteiger partial charge in [-0.1, -0.05) is 66.7 Å². The third-order valence-electron chi connectivity index (χ3n) is 4.83. The second-order valence-corrected chi connectivity index (χ2v) is 7.05. The molecule has 0 aliphatic carbocycles. The molecule has 4 nitrogen and oxygen atoms in total. The molecular formula is C24H27N2O2+. The molecule has 2 N–H and O–H groups in total. The highest BCUT2D eigenvalue weighted by Gasteiger charge is 2.29. The van der Waals surface area contributed by atoms with E-state index in [-0.39, 0.29) is 11.9 Å². The van der Waals surface area contributed by atoms with E-state index < -0.39 is 0 Å². The minimum absolute atomic E-state index is 0.0523. The summed E-state index contributed by atoms with van der Waals surface area (Å²) in [6.07, 6.45) is 0. The predicted octanol–water partition coefficient (Wildman–Crippen LogP) is 3.40. The summed E-state index contributed by atoms with van der Waals surface area (Å²) in [5, 5.41) is 3.08. The molecule has 0 aromatic heterocycles. The first-order valence-electron chi connectivity index (χ1n) is 9.45. The Morgan fingerprint density at radius 3 is 2.29 bits per heavy atom. The number of hydrogen-bond donors (Lipinski definition) is 2. The van der Waals surface area contributed by atoms with Gasteiger partial charge < -0.3 is 15.0 Å². The number of aryl methyl sites for hydroxylation is 1. The minimum atomic E-state index is -0.341. The van der Waals surface area contributed by atoms with Crippen molar-refractivity contribution in [3.05, 3.63) is 95.6 Å². The van der Waals surface area contributed by atoms with Crippen LogP contribution in [0.25, 0.3) is 0 Å². The van der Waals surface area contributed by atoms with Gasteiger partial charge in [-0.25, -0.2) is 0 Å². The first-order chi connectivity index (χ1) is 13.6. The average Bonchev–Trinajstić information content (AvgIpc) is 2.70. The van der Waals surface area contributed by atoms with E-state index in [4.69, 9.17) is 4.74 Å². The molecule has 0 aliphatic rings. The van der Waals surface area contributed by atoms with Crippen LogP contribution in [0.15, 0.2) is 78.9 Å². The van der Waals surface area contributed by atoms with E-state index in [2.05, 4.69) is 24.5 Å². The Balaban J connectivity index is 1.88. The number of quaternary nitrogens is 1. The summed E-state index contributed by atoms with van der Waals surface area (Å²) in [6.45, 7) is 2.75. The number of methoxy groups -OCH3 is 1. The van der Waals surface area contributed by atoms with Crippen LogP contribution < -0.4 is 15.0 Å². The maximum Gasteiger partial charge on any atom is 0.287 e. The van der Waals surface area contributed by atoms with Gasteiger partial charge in [-0.15, -0.1) is 0 Å². The topological polar surface area (TPSA) is 42.8 Å². The summed E-state index contributed by atoms with van der Waals surface area (Å²) in [6, 6.07) is 25.6. The number of carbonyl (C=O) groups is 1. The van der Waals surface area contributed by atoms with Gasteiger partial charge in [0.2, 0.25) is 0 Å². The van der Waals surface area contributed by atoms with Crippen molar-refractivity contribution in [3.8, 4) is 5.75 Å². The molecule has 0 heterocycles. The van der Waals surface area contributed by atoms with Gasteiger partial charge in [0.1, 0.15) is 12.3 Å². The summed E-state index contributed by atoms with van der Waals surface area (Å²) < 4.78 is 5.42. The fourth-order valence-electron chi connectivity index (χ4n) is 3.45. The van der Waals surface area contributed by atoms with E-state index >= 15 is 0 Å². The van der Waals surface area contributed by atoms with Crippen molar-refractivity contribution in [1.82, 2.24) is 0 Å². The van der Waals surface area contributed by atoms with Crippen LogP contribution in [-0.4, -0.2) is 20.1 Å². The zero-order valence-corrected chi connectivity index (χ0v) is 16.6. The lowest BCUT2D eigenvalue weighted by Gasteiger charge is -2.25. The molecule has 2 atom stereocenters. The highest BCUT2D eigenvalue weighted by atomic mass is 16.5. The van der Waals surface area contributed by atoms with E-state index in [1.54, 1.807) is 7.11 Å². The first kappa shape index (κ1) is 19.6. The molecule has 1 unspecified atom stereocenters. The molecule has 28 heavy (non-hydrogen) atoms. The second-order valence-electron chi connectivity index (χ2n) is 7.05. The van der Waals surface area contributed by atoms with Crippen LogP contribution in [0.5, 0.6) is 5.75 Å². The molecule has 1 amide bonds. The Bertz CT molecular complexity index is 910. The van der Waals surface area contributed by atoms with Gasteiger partial charge >= 0.3 is 0 Å². The molecule has 144 valence electrons. The molecule has 0 saturated carbocycles. The number of nitrogens with one attached hydrogen (secondary N) is 2. The smallest absolute Gasteiger partial charge is 0.287 e. The van der Waals surface area contributed by atoms with Crippen molar-refractivity contribution in [2.45, 2.75) is 19.5 Å². The van der Waals surface area contributed by atoms with Crippen LogP contribution in [0.1, 0.15) is 22.7 Å². The first-order valence-corrected chi connectivity index (χ1v) is 9.45. The number of rotatable bonds is 7. The van der Waals surface area contributed by atoms with Gasteiger partial charge in [0.05, 0.1) is 19.8 Å². The summed E-state index contributed by atoms with van der Waals surface area (Å²) in [4.78, 5) is 14.4. The summed E-state index contributed by atoms with van der Waals surface area (Å²) in [5.41, 5.74) is 3.94. The average molecular weight is 375 g/mol. The molecule has 0 radical (unpaired) electrons. The van der Waals surface area contributed by atoms with Gasteiger partial charge in [0.15, 0.2) is 6.04 Å². The van der Waals surface area contributed by atoms with Crippen LogP contribution >= 0.6 is 0 Å². The molecule has 0 bridgehead atoms. The van der Waals surface area contributed by atoms with E-state index in [1.165, 1.54) is 5.56 Å². The second kappa shape index (κ2) is 9.20. The van der Waals surface area contributed by atoms with Crippen molar-refractivity contribution in [3.63, 3.8) is 0 Å². The van der Waals surface area contributed by atoms with E-state index in [1.807, 2.05) is 73.7 Å². The van der Waals surface area contributed by atoms with Crippen LogP contribution in [0.4, 0.5) is 5.69 Å². The molecule has 0 saturated heterocycles. The molecule has 3 aromatic carbocycles. The van der Waals surface area contributed by atoms with Crippen molar-refractivity contribution in [1.29, 1.82) is 0 Å². The van der Waals surface area contributed by atoms with Crippen molar-refractivity contribution < 1.29 is 14.4 Å². The van der Waals surface area contributed by atoms with Crippen LogP contribution in [0, 0.1) is 6.92 Å². The van der Waals surface area contributed by atoms with Crippen LogP contribution in [-0.2, 0) is 11.3 Å². The number of likely N-dealkylation sites (N-methyl/N-ethyl adjacent to an activating group) is 1. The molecule has 4 heteroatoms. The molecule has 3 aromatic rings.